The van der Waals surface area contributed by atoms with Crippen LogP contribution < -0.4 is 0 Å². The Labute approximate surface area is 98.6 Å². The number of hydrogen-bond acceptors (Lipinski definition) is 3. The lowest BCUT2D eigenvalue weighted by Gasteiger charge is -2.32. The van der Waals surface area contributed by atoms with Gasteiger partial charge in [-0.1, -0.05) is 12.1 Å². The van der Waals surface area contributed by atoms with E-state index in [1.165, 1.54) is 12.1 Å². The zero-order valence-corrected chi connectivity index (χ0v) is 9.30. The highest BCUT2D eigenvalue weighted by molar-refractivity contribution is 5.73. The van der Waals surface area contributed by atoms with E-state index in [0.29, 0.717) is 19.7 Å². The number of ether oxygens (including phenoxy) is 1. The van der Waals surface area contributed by atoms with Crippen molar-refractivity contribution in [3.05, 3.63) is 35.6 Å². The average Bonchev–Trinajstić information content (AvgIpc) is 2.32. The van der Waals surface area contributed by atoms with Gasteiger partial charge in [0, 0.05) is 13.1 Å². The van der Waals surface area contributed by atoms with Crippen molar-refractivity contribution in [1.29, 1.82) is 0 Å². The fourth-order valence-corrected chi connectivity index (χ4v) is 1.88. The smallest absolute Gasteiger partial charge is 0.323 e. The van der Waals surface area contributed by atoms with Gasteiger partial charge in [-0.3, -0.25) is 9.69 Å². The Bertz CT molecular complexity index is 393. The SMILES string of the molecule is O=C(O)C1COCCN1Cc1ccc(F)cc1. The standard InChI is InChI=1S/C12H14FNO3/c13-10-3-1-9(2-4-10)7-14-5-6-17-8-11(14)12(15)16/h1-4,11H,5-8H2,(H,15,16). The molecule has 1 aliphatic rings. The van der Waals surface area contributed by atoms with Gasteiger partial charge in [-0.15, -0.1) is 0 Å². The van der Waals surface area contributed by atoms with Crippen LogP contribution in [0.5, 0.6) is 0 Å². The van der Waals surface area contributed by atoms with Gasteiger partial charge in [0.2, 0.25) is 0 Å². The predicted octanol–water partition coefficient (Wildman–Crippen LogP) is 1.11. The fraction of sp³-hybridized carbons (Fsp3) is 0.417. The number of nitrogens with zero attached hydrogens (tertiary/aromatic N) is 1. The highest BCUT2D eigenvalue weighted by atomic mass is 19.1. The van der Waals surface area contributed by atoms with Gasteiger partial charge in [-0.25, -0.2) is 4.39 Å². The Kier molecular flexibility index (Phi) is 3.71. The maximum atomic E-state index is 12.7. The van der Waals surface area contributed by atoms with Crippen LogP contribution in [0.3, 0.4) is 0 Å². The van der Waals surface area contributed by atoms with Gasteiger partial charge in [-0.2, -0.15) is 0 Å². The van der Waals surface area contributed by atoms with Gasteiger partial charge >= 0.3 is 5.97 Å². The summed E-state index contributed by atoms with van der Waals surface area (Å²) in [4.78, 5) is 12.9. The van der Waals surface area contributed by atoms with Crippen molar-refractivity contribution in [2.24, 2.45) is 0 Å². The molecule has 0 spiro atoms. The zero-order valence-electron chi connectivity index (χ0n) is 9.30. The van der Waals surface area contributed by atoms with Crippen molar-refractivity contribution in [3.8, 4) is 0 Å². The summed E-state index contributed by atoms with van der Waals surface area (Å²) >= 11 is 0. The van der Waals surface area contributed by atoms with E-state index in [1.54, 1.807) is 12.1 Å². The van der Waals surface area contributed by atoms with Crippen LogP contribution in [0.2, 0.25) is 0 Å². The summed E-state index contributed by atoms with van der Waals surface area (Å²) in [5.74, 6) is -1.17. The van der Waals surface area contributed by atoms with Crippen LogP contribution in [0.25, 0.3) is 0 Å². The molecule has 4 nitrogen and oxygen atoms in total. The topological polar surface area (TPSA) is 49.8 Å². The van der Waals surface area contributed by atoms with E-state index in [-0.39, 0.29) is 12.4 Å². The third-order valence-corrected chi connectivity index (χ3v) is 2.82. The van der Waals surface area contributed by atoms with Gasteiger partial charge in [0.15, 0.2) is 0 Å². The van der Waals surface area contributed by atoms with E-state index in [2.05, 4.69) is 0 Å². The quantitative estimate of drug-likeness (QED) is 0.858. The number of aliphatic carboxylic acids is 1. The number of rotatable bonds is 3. The Hall–Kier alpha value is -1.46. The predicted molar refractivity (Wildman–Crippen MR) is 59.1 cm³/mol. The molecule has 0 amide bonds. The summed E-state index contributed by atoms with van der Waals surface area (Å²) in [6.07, 6.45) is 0. The molecular formula is C12H14FNO3. The van der Waals surface area contributed by atoms with Crippen LogP contribution in [0.15, 0.2) is 24.3 Å². The second-order valence-corrected chi connectivity index (χ2v) is 4.03. The molecule has 1 aromatic carbocycles. The van der Waals surface area contributed by atoms with Gasteiger partial charge in [0.05, 0.1) is 13.2 Å². The molecule has 1 unspecified atom stereocenters. The molecule has 0 saturated carbocycles. The normalized spacial score (nSPS) is 21.4. The van der Waals surface area contributed by atoms with Crippen LogP contribution >= 0.6 is 0 Å². The Morgan fingerprint density at radius 1 is 1.47 bits per heavy atom. The van der Waals surface area contributed by atoms with Crippen molar-refractivity contribution in [2.75, 3.05) is 19.8 Å². The highest BCUT2D eigenvalue weighted by Crippen LogP contribution is 2.13. The molecular weight excluding hydrogens is 225 g/mol. The molecule has 1 atom stereocenters. The molecule has 1 heterocycles. The summed E-state index contributed by atoms with van der Waals surface area (Å²) in [5.41, 5.74) is 0.902. The summed E-state index contributed by atoms with van der Waals surface area (Å²) < 4.78 is 17.9. The van der Waals surface area contributed by atoms with E-state index in [9.17, 15) is 9.18 Å². The first-order chi connectivity index (χ1) is 8.16. The second kappa shape index (κ2) is 5.25. The number of carbonyl (C=O) groups is 1. The van der Waals surface area contributed by atoms with Crippen LogP contribution in [0.1, 0.15) is 5.56 Å². The molecule has 17 heavy (non-hydrogen) atoms. The van der Waals surface area contributed by atoms with E-state index in [4.69, 9.17) is 9.84 Å². The number of carboxylic acids is 1. The maximum Gasteiger partial charge on any atom is 0.323 e. The van der Waals surface area contributed by atoms with Gasteiger partial charge in [-0.05, 0) is 17.7 Å². The van der Waals surface area contributed by atoms with Crippen molar-refractivity contribution in [2.45, 2.75) is 12.6 Å². The van der Waals surface area contributed by atoms with Crippen LogP contribution in [-0.4, -0.2) is 41.8 Å². The Morgan fingerprint density at radius 2 is 2.18 bits per heavy atom. The molecule has 0 radical (unpaired) electrons. The first-order valence-corrected chi connectivity index (χ1v) is 5.46. The number of hydrogen-bond donors (Lipinski definition) is 1. The minimum absolute atomic E-state index is 0.205. The molecule has 1 saturated heterocycles. The second-order valence-electron chi connectivity index (χ2n) is 4.03. The third kappa shape index (κ3) is 3.01. The number of benzene rings is 1. The molecule has 2 rings (SSSR count). The average molecular weight is 239 g/mol. The third-order valence-electron chi connectivity index (χ3n) is 2.82. The van der Waals surface area contributed by atoms with E-state index in [1.807, 2.05) is 4.90 Å². The zero-order chi connectivity index (χ0) is 12.3. The highest BCUT2D eigenvalue weighted by Gasteiger charge is 2.28. The molecule has 0 bridgehead atoms. The van der Waals surface area contributed by atoms with Crippen molar-refractivity contribution >= 4 is 5.97 Å². The number of carboxylic acid groups (broad SMARTS) is 1. The van der Waals surface area contributed by atoms with E-state index < -0.39 is 12.0 Å². The molecule has 1 fully saturated rings. The molecule has 5 heteroatoms. The minimum atomic E-state index is -0.883. The molecule has 0 aromatic heterocycles. The largest absolute Gasteiger partial charge is 0.480 e. The lowest BCUT2D eigenvalue weighted by Crippen LogP contribution is -2.49. The molecule has 0 aliphatic carbocycles. The van der Waals surface area contributed by atoms with Crippen molar-refractivity contribution in [1.82, 2.24) is 4.90 Å². The molecule has 1 aromatic rings. The van der Waals surface area contributed by atoms with Gasteiger partial charge in [0.1, 0.15) is 11.9 Å². The lowest BCUT2D eigenvalue weighted by atomic mass is 10.1. The monoisotopic (exact) mass is 239 g/mol. The lowest BCUT2D eigenvalue weighted by molar-refractivity contribution is -0.150. The minimum Gasteiger partial charge on any atom is -0.480 e. The molecule has 92 valence electrons. The van der Waals surface area contributed by atoms with E-state index >= 15 is 0 Å². The van der Waals surface area contributed by atoms with Crippen molar-refractivity contribution < 1.29 is 19.0 Å². The first kappa shape index (κ1) is 12.0. The number of morpholine rings is 1. The Balaban J connectivity index is 2.05. The summed E-state index contributed by atoms with van der Waals surface area (Å²) in [6.45, 7) is 1.82. The maximum absolute atomic E-state index is 12.7. The summed E-state index contributed by atoms with van der Waals surface area (Å²) in [5, 5.41) is 9.05. The molecule has 1 aliphatic heterocycles. The van der Waals surface area contributed by atoms with E-state index in [0.717, 1.165) is 5.56 Å². The van der Waals surface area contributed by atoms with Gasteiger partial charge in [0.25, 0.3) is 0 Å². The van der Waals surface area contributed by atoms with Gasteiger partial charge < -0.3 is 9.84 Å². The van der Waals surface area contributed by atoms with Crippen LogP contribution in [0, 0.1) is 5.82 Å². The first-order valence-electron chi connectivity index (χ1n) is 5.46. The molecule has 1 N–H and O–H groups in total. The van der Waals surface area contributed by atoms with Crippen molar-refractivity contribution in [3.63, 3.8) is 0 Å². The van der Waals surface area contributed by atoms with Crippen LogP contribution in [-0.2, 0) is 16.1 Å². The summed E-state index contributed by atoms with van der Waals surface area (Å²) in [6, 6.07) is 5.48. The fourth-order valence-electron chi connectivity index (χ4n) is 1.88. The Morgan fingerprint density at radius 3 is 2.82 bits per heavy atom. The van der Waals surface area contributed by atoms with Crippen LogP contribution in [0.4, 0.5) is 4.39 Å². The number of halogens is 1. The summed E-state index contributed by atoms with van der Waals surface area (Å²) in [7, 11) is 0.